The van der Waals surface area contributed by atoms with Gasteiger partial charge in [-0.2, -0.15) is 26.3 Å². The van der Waals surface area contributed by atoms with Gasteiger partial charge in [-0.3, -0.25) is 0 Å². The molecule has 114 valence electrons. The van der Waals surface area contributed by atoms with Gasteiger partial charge in [-0.1, -0.05) is 42.5 Å². The molecule has 0 heterocycles. The van der Waals surface area contributed by atoms with Crippen LogP contribution < -0.4 is 10.4 Å². The molecule has 6 heteroatoms. The number of halogens is 6. The Bertz CT molecular complexity index is 825. The van der Waals surface area contributed by atoms with Crippen LogP contribution in [0.1, 0.15) is 11.1 Å². The van der Waals surface area contributed by atoms with Crippen molar-refractivity contribution < 1.29 is 26.3 Å². The number of hydrogen-bond acceptors (Lipinski definition) is 0. The fraction of sp³-hybridized carbons (Fsp3) is 0.188. The first-order chi connectivity index (χ1) is 10.2. The van der Waals surface area contributed by atoms with Crippen LogP contribution in [0, 0.1) is 0 Å². The van der Waals surface area contributed by atoms with Crippen LogP contribution in [0.5, 0.6) is 0 Å². The molecule has 0 amide bonds. The molecule has 0 saturated carbocycles. The van der Waals surface area contributed by atoms with E-state index in [0.717, 1.165) is 30.3 Å². The Kier molecular flexibility index (Phi) is 2.94. The molecule has 0 unspecified atom stereocenters. The Balaban J connectivity index is 2.42. The van der Waals surface area contributed by atoms with Crippen LogP contribution in [0.25, 0.3) is 5.73 Å². The van der Waals surface area contributed by atoms with E-state index in [0.29, 0.717) is 0 Å². The minimum Gasteiger partial charge on any atom is -0.169 e. The quantitative estimate of drug-likeness (QED) is 0.638. The first kappa shape index (κ1) is 14.7. The van der Waals surface area contributed by atoms with Crippen molar-refractivity contribution in [2.24, 2.45) is 0 Å². The second-order valence-corrected chi connectivity index (χ2v) is 4.96. The van der Waals surface area contributed by atoms with Crippen LogP contribution in [0.4, 0.5) is 26.3 Å². The molecule has 0 radical (unpaired) electrons. The molecule has 0 aromatic heterocycles. The van der Waals surface area contributed by atoms with E-state index in [1.54, 1.807) is 0 Å². The molecular weight excluding hydrogens is 306 g/mol. The second kappa shape index (κ2) is 4.40. The highest BCUT2D eigenvalue weighted by molar-refractivity contribution is 5.52. The molecule has 3 rings (SSSR count). The number of benzene rings is 2. The average Bonchev–Trinajstić information content (AvgIpc) is 3.17. The molecular formula is C16H8F6. The molecule has 0 fully saturated rings. The largest absolute Gasteiger partial charge is 0.411 e. The summed E-state index contributed by atoms with van der Waals surface area (Å²) in [5.74, 6) is 0. The van der Waals surface area contributed by atoms with E-state index >= 15 is 0 Å². The van der Waals surface area contributed by atoms with Gasteiger partial charge in [0.2, 0.25) is 5.41 Å². The summed E-state index contributed by atoms with van der Waals surface area (Å²) in [6, 6.07) is 8.88. The predicted molar refractivity (Wildman–Crippen MR) is 67.5 cm³/mol. The van der Waals surface area contributed by atoms with E-state index < -0.39 is 28.9 Å². The summed E-state index contributed by atoms with van der Waals surface area (Å²) in [5.41, 5.74) is -3.25. The fourth-order valence-corrected chi connectivity index (χ4v) is 2.71. The highest BCUT2D eigenvalue weighted by Crippen LogP contribution is 2.55. The molecule has 0 saturated heterocycles. The first-order valence-electron chi connectivity index (χ1n) is 6.29. The van der Waals surface area contributed by atoms with Gasteiger partial charge in [0, 0.05) is 10.4 Å². The van der Waals surface area contributed by atoms with Crippen molar-refractivity contribution in [3.63, 3.8) is 0 Å². The molecule has 1 aliphatic rings. The number of alkyl halides is 6. The lowest BCUT2D eigenvalue weighted by atomic mass is 9.73. The normalized spacial score (nSPS) is 13.9. The van der Waals surface area contributed by atoms with Gasteiger partial charge in [-0.25, -0.2) is 0 Å². The van der Waals surface area contributed by atoms with E-state index in [-0.39, 0.29) is 10.4 Å². The van der Waals surface area contributed by atoms with Gasteiger partial charge >= 0.3 is 12.4 Å². The summed E-state index contributed by atoms with van der Waals surface area (Å²) in [6.07, 6.45) is -11.1. The summed E-state index contributed by atoms with van der Waals surface area (Å²) in [6.45, 7) is 0. The van der Waals surface area contributed by atoms with E-state index in [1.165, 1.54) is 18.2 Å². The number of hydrogen-bond donors (Lipinski definition) is 0. The molecule has 0 N–H and O–H groups in total. The standard InChI is InChI=1S/C16H8F6/c17-15(18,19)14(16(20,21)22,11-6-2-1-3-7-11)13-8-4-5-10-9-12(10)13/h1-8H. The number of fused-ring (bicyclic) bond motifs is 1. The SMILES string of the molecule is FC(F)(F)C(c1ccccc1)(c1cccc2c1=C=2)C(F)(F)F. The van der Waals surface area contributed by atoms with Gasteiger partial charge in [-0.05, 0) is 17.2 Å². The lowest BCUT2D eigenvalue weighted by molar-refractivity contribution is -0.288. The van der Waals surface area contributed by atoms with Crippen molar-refractivity contribution in [3.8, 4) is 0 Å². The molecule has 0 bridgehead atoms. The Labute approximate surface area is 121 Å². The molecule has 2 aromatic rings. The molecule has 0 nitrogen and oxygen atoms in total. The summed E-state index contributed by atoms with van der Waals surface area (Å²) < 4.78 is 82.2. The van der Waals surface area contributed by atoms with Crippen LogP contribution in [-0.4, -0.2) is 12.4 Å². The van der Waals surface area contributed by atoms with Crippen molar-refractivity contribution in [2.75, 3.05) is 0 Å². The smallest absolute Gasteiger partial charge is 0.169 e. The molecule has 0 atom stereocenters. The van der Waals surface area contributed by atoms with Gasteiger partial charge in [0.15, 0.2) is 0 Å². The Hall–Kier alpha value is -2.20. The third-order valence-corrected chi connectivity index (χ3v) is 3.72. The van der Waals surface area contributed by atoms with Crippen molar-refractivity contribution in [2.45, 2.75) is 17.8 Å². The summed E-state index contributed by atoms with van der Waals surface area (Å²) in [5, 5.41) is 0.173. The van der Waals surface area contributed by atoms with Crippen LogP contribution in [0.2, 0.25) is 0 Å². The Morgan fingerprint density at radius 1 is 0.682 bits per heavy atom. The maximum absolute atomic E-state index is 13.7. The molecule has 0 spiro atoms. The maximum Gasteiger partial charge on any atom is 0.411 e. The second-order valence-electron chi connectivity index (χ2n) is 4.96. The summed E-state index contributed by atoms with van der Waals surface area (Å²) in [7, 11) is 0. The van der Waals surface area contributed by atoms with Gasteiger partial charge in [0.1, 0.15) is 0 Å². The lowest BCUT2D eigenvalue weighted by Crippen LogP contribution is -2.56. The van der Waals surface area contributed by atoms with Crippen molar-refractivity contribution in [1.29, 1.82) is 0 Å². The lowest BCUT2D eigenvalue weighted by Gasteiger charge is -2.38. The first-order valence-corrected chi connectivity index (χ1v) is 6.29. The van der Waals surface area contributed by atoms with Gasteiger partial charge < -0.3 is 0 Å². The van der Waals surface area contributed by atoms with Crippen molar-refractivity contribution in [3.05, 3.63) is 70.1 Å². The zero-order valence-corrected chi connectivity index (χ0v) is 10.9. The molecule has 1 aliphatic carbocycles. The minimum absolute atomic E-state index is 0.110. The highest BCUT2D eigenvalue weighted by atomic mass is 19.4. The van der Waals surface area contributed by atoms with Gasteiger partial charge in [0.05, 0.1) is 0 Å². The van der Waals surface area contributed by atoms with Gasteiger partial charge in [-0.15, -0.1) is 5.73 Å². The molecule has 0 aliphatic heterocycles. The summed E-state index contributed by atoms with van der Waals surface area (Å²) in [4.78, 5) is 0. The Morgan fingerprint density at radius 2 is 1.27 bits per heavy atom. The van der Waals surface area contributed by atoms with E-state index in [2.05, 4.69) is 5.73 Å². The third kappa shape index (κ3) is 1.87. The van der Waals surface area contributed by atoms with Crippen LogP contribution >= 0.6 is 0 Å². The minimum atomic E-state index is -5.54. The molecule has 2 aromatic carbocycles. The Morgan fingerprint density at radius 3 is 1.82 bits per heavy atom. The van der Waals surface area contributed by atoms with E-state index in [1.807, 2.05) is 0 Å². The van der Waals surface area contributed by atoms with Crippen molar-refractivity contribution in [1.82, 2.24) is 0 Å². The predicted octanol–water partition coefficient (Wildman–Crippen LogP) is 3.16. The highest BCUT2D eigenvalue weighted by Gasteiger charge is 2.73. The van der Waals surface area contributed by atoms with Crippen molar-refractivity contribution >= 4 is 5.73 Å². The third-order valence-electron chi connectivity index (χ3n) is 3.72. The average molecular weight is 314 g/mol. The zero-order chi connectivity index (χ0) is 16.2. The molecule has 22 heavy (non-hydrogen) atoms. The fourth-order valence-electron chi connectivity index (χ4n) is 2.71. The van der Waals surface area contributed by atoms with Crippen LogP contribution in [0.15, 0.2) is 48.5 Å². The number of rotatable bonds is 2. The van der Waals surface area contributed by atoms with Crippen LogP contribution in [-0.2, 0) is 5.41 Å². The maximum atomic E-state index is 13.7. The van der Waals surface area contributed by atoms with Crippen LogP contribution in [0.3, 0.4) is 0 Å². The van der Waals surface area contributed by atoms with E-state index in [9.17, 15) is 26.3 Å². The topological polar surface area (TPSA) is 0 Å². The summed E-state index contributed by atoms with van der Waals surface area (Å²) >= 11 is 0. The van der Waals surface area contributed by atoms with E-state index in [4.69, 9.17) is 0 Å². The van der Waals surface area contributed by atoms with Gasteiger partial charge in [0.25, 0.3) is 0 Å². The monoisotopic (exact) mass is 314 g/mol. The zero-order valence-electron chi connectivity index (χ0n) is 10.9.